The third-order valence-electron chi connectivity index (χ3n) is 2.79. The van der Waals surface area contributed by atoms with Gasteiger partial charge in [0.2, 0.25) is 0 Å². The van der Waals surface area contributed by atoms with E-state index in [4.69, 9.17) is 4.43 Å². The standard InChI is InChI=1S/C13H24OSi/c1-9-10-11-13(5,6)14-15(7,8)12(2,3)4/h9H,1H2,2-8H3. The molecule has 0 rings (SSSR count). The number of allylic oxidation sites excluding steroid dienone is 1. The van der Waals surface area contributed by atoms with Crippen LogP contribution in [0.4, 0.5) is 0 Å². The zero-order valence-electron chi connectivity index (χ0n) is 11.2. The summed E-state index contributed by atoms with van der Waals surface area (Å²) in [6.45, 7) is 18.8. The van der Waals surface area contributed by atoms with Gasteiger partial charge in [0.25, 0.3) is 0 Å². The molecule has 0 saturated heterocycles. The molecule has 0 aromatic carbocycles. The average Bonchev–Trinajstić information content (AvgIpc) is 1.96. The molecule has 0 aromatic heterocycles. The summed E-state index contributed by atoms with van der Waals surface area (Å²) < 4.78 is 6.21. The predicted octanol–water partition coefficient (Wildman–Crippen LogP) is 3.98. The van der Waals surface area contributed by atoms with E-state index in [-0.39, 0.29) is 10.6 Å². The molecule has 0 radical (unpaired) electrons. The second-order valence-corrected chi connectivity index (χ2v) is 10.6. The minimum Gasteiger partial charge on any atom is -0.401 e. The van der Waals surface area contributed by atoms with Gasteiger partial charge in [0, 0.05) is 0 Å². The Bertz CT molecular complexity index is 284. The van der Waals surface area contributed by atoms with Crippen LogP contribution in [0.5, 0.6) is 0 Å². The van der Waals surface area contributed by atoms with E-state index in [0.717, 1.165) is 0 Å². The summed E-state index contributed by atoms with van der Waals surface area (Å²) in [6.07, 6.45) is 1.61. The summed E-state index contributed by atoms with van der Waals surface area (Å²) in [5.74, 6) is 5.95. The molecule has 0 aliphatic heterocycles. The molecule has 0 fully saturated rings. The highest BCUT2D eigenvalue weighted by molar-refractivity contribution is 6.74. The Balaban J connectivity index is 4.79. The van der Waals surface area contributed by atoms with Gasteiger partial charge in [0.05, 0.1) is 0 Å². The average molecular weight is 224 g/mol. The lowest BCUT2D eigenvalue weighted by Gasteiger charge is -2.40. The van der Waals surface area contributed by atoms with Crippen LogP contribution >= 0.6 is 0 Å². The van der Waals surface area contributed by atoms with E-state index in [0.29, 0.717) is 0 Å². The van der Waals surface area contributed by atoms with Crippen LogP contribution in [0.2, 0.25) is 18.1 Å². The third kappa shape index (κ3) is 4.68. The number of hydrogen-bond acceptors (Lipinski definition) is 1. The maximum Gasteiger partial charge on any atom is 0.194 e. The molecular weight excluding hydrogens is 200 g/mol. The Morgan fingerprint density at radius 3 is 1.93 bits per heavy atom. The molecule has 0 N–H and O–H groups in total. The van der Waals surface area contributed by atoms with Crippen molar-refractivity contribution in [2.24, 2.45) is 0 Å². The smallest absolute Gasteiger partial charge is 0.194 e. The van der Waals surface area contributed by atoms with Crippen LogP contribution in [-0.4, -0.2) is 13.9 Å². The van der Waals surface area contributed by atoms with Crippen LogP contribution in [0.25, 0.3) is 0 Å². The topological polar surface area (TPSA) is 9.23 Å². The first kappa shape index (κ1) is 14.5. The van der Waals surface area contributed by atoms with Gasteiger partial charge in [-0.15, -0.1) is 0 Å². The molecule has 0 bridgehead atoms. The molecule has 15 heavy (non-hydrogen) atoms. The van der Waals surface area contributed by atoms with Gasteiger partial charge in [-0.3, -0.25) is 0 Å². The monoisotopic (exact) mass is 224 g/mol. The van der Waals surface area contributed by atoms with E-state index >= 15 is 0 Å². The lowest BCUT2D eigenvalue weighted by Crippen LogP contribution is -2.46. The largest absolute Gasteiger partial charge is 0.401 e. The molecule has 0 aliphatic rings. The van der Waals surface area contributed by atoms with Crippen molar-refractivity contribution in [3.05, 3.63) is 12.7 Å². The Morgan fingerprint density at radius 1 is 1.13 bits per heavy atom. The van der Waals surface area contributed by atoms with Crippen LogP contribution in [-0.2, 0) is 4.43 Å². The van der Waals surface area contributed by atoms with Crippen LogP contribution in [0.15, 0.2) is 12.7 Å². The van der Waals surface area contributed by atoms with Crippen molar-refractivity contribution in [3.63, 3.8) is 0 Å². The summed E-state index contributed by atoms with van der Waals surface area (Å²) in [5.41, 5.74) is -0.378. The van der Waals surface area contributed by atoms with E-state index in [9.17, 15) is 0 Å². The van der Waals surface area contributed by atoms with Gasteiger partial charge in [0.15, 0.2) is 8.32 Å². The molecule has 0 saturated carbocycles. The minimum atomic E-state index is -1.73. The van der Waals surface area contributed by atoms with Crippen molar-refractivity contribution in [2.45, 2.75) is 58.4 Å². The van der Waals surface area contributed by atoms with Crippen LogP contribution in [0.3, 0.4) is 0 Å². The lowest BCUT2D eigenvalue weighted by molar-refractivity contribution is 0.151. The maximum absolute atomic E-state index is 6.21. The highest BCUT2D eigenvalue weighted by Gasteiger charge is 2.40. The van der Waals surface area contributed by atoms with E-state index in [1.165, 1.54) is 0 Å². The zero-order valence-corrected chi connectivity index (χ0v) is 12.2. The van der Waals surface area contributed by atoms with Gasteiger partial charge in [-0.1, -0.05) is 39.2 Å². The summed E-state index contributed by atoms with van der Waals surface area (Å²) in [4.78, 5) is 0. The molecule has 0 atom stereocenters. The van der Waals surface area contributed by atoms with Crippen molar-refractivity contribution >= 4 is 8.32 Å². The SMILES string of the molecule is C=CC#CC(C)(C)O[Si](C)(C)C(C)(C)C. The van der Waals surface area contributed by atoms with Crippen molar-refractivity contribution in [2.75, 3.05) is 0 Å². The van der Waals surface area contributed by atoms with Crippen molar-refractivity contribution in [1.29, 1.82) is 0 Å². The van der Waals surface area contributed by atoms with E-state index in [1.807, 2.05) is 13.8 Å². The van der Waals surface area contributed by atoms with Crippen LogP contribution in [0, 0.1) is 11.8 Å². The maximum atomic E-state index is 6.21. The summed E-state index contributed by atoms with van der Waals surface area (Å²) >= 11 is 0. The third-order valence-corrected chi connectivity index (χ3v) is 7.42. The fourth-order valence-corrected chi connectivity index (χ4v) is 2.67. The van der Waals surface area contributed by atoms with Crippen molar-refractivity contribution in [1.82, 2.24) is 0 Å². The molecular formula is C13H24OSi. The number of hydrogen-bond donors (Lipinski definition) is 0. The molecule has 0 aromatic rings. The van der Waals surface area contributed by atoms with Crippen molar-refractivity contribution in [3.8, 4) is 11.8 Å². The molecule has 2 heteroatoms. The van der Waals surface area contributed by atoms with E-state index in [2.05, 4.69) is 52.3 Å². The minimum absolute atomic E-state index is 0.222. The van der Waals surface area contributed by atoms with Gasteiger partial charge in [-0.05, 0) is 38.1 Å². The van der Waals surface area contributed by atoms with Gasteiger partial charge in [-0.25, -0.2) is 0 Å². The summed E-state index contributed by atoms with van der Waals surface area (Å²) in [7, 11) is -1.73. The van der Waals surface area contributed by atoms with E-state index in [1.54, 1.807) is 6.08 Å². The highest BCUT2D eigenvalue weighted by atomic mass is 28.4. The Morgan fingerprint density at radius 2 is 1.60 bits per heavy atom. The fraction of sp³-hybridized carbons (Fsp3) is 0.692. The Hall–Kier alpha value is -0.523. The Kier molecular flexibility index (Phi) is 4.39. The zero-order chi connectivity index (χ0) is 12.3. The first-order valence-corrected chi connectivity index (χ1v) is 8.26. The number of rotatable bonds is 2. The first-order chi connectivity index (χ1) is 6.52. The highest BCUT2D eigenvalue weighted by Crippen LogP contribution is 2.38. The normalized spacial score (nSPS) is 13.0. The molecule has 0 amide bonds. The van der Waals surface area contributed by atoms with Gasteiger partial charge in [-0.2, -0.15) is 0 Å². The van der Waals surface area contributed by atoms with Crippen molar-refractivity contribution < 1.29 is 4.43 Å². The van der Waals surface area contributed by atoms with Gasteiger partial charge < -0.3 is 4.43 Å². The second-order valence-electron chi connectivity index (χ2n) is 5.85. The summed E-state index contributed by atoms with van der Waals surface area (Å²) in [6, 6.07) is 0. The fourth-order valence-electron chi connectivity index (χ4n) is 1.04. The first-order valence-electron chi connectivity index (χ1n) is 5.36. The molecule has 1 nitrogen and oxygen atoms in total. The lowest BCUT2D eigenvalue weighted by atomic mass is 10.1. The van der Waals surface area contributed by atoms with Crippen LogP contribution < -0.4 is 0 Å². The van der Waals surface area contributed by atoms with Crippen LogP contribution in [0.1, 0.15) is 34.6 Å². The Labute approximate surface area is 96.0 Å². The van der Waals surface area contributed by atoms with Gasteiger partial charge >= 0.3 is 0 Å². The quantitative estimate of drug-likeness (QED) is 0.509. The molecule has 0 unspecified atom stereocenters. The molecule has 0 spiro atoms. The molecule has 0 heterocycles. The predicted molar refractivity (Wildman–Crippen MR) is 70.3 cm³/mol. The molecule has 0 aliphatic carbocycles. The molecule has 86 valence electrons. The summed E-state index contributed by atoms with van der Waals surface area (Å²) in [5, 5.41) is 0.222. The van der Waals surface area contributed by atoms with Gasteiger partial charge in [0.1, 0.15) is 5.60 Å². The second kappa shape index (κ2) is 4.55. The van der Waals surface area contributed by atoms with E-state index < -0.39 is 8.32 Å².